The van der Waals surface area contributed by atoms with Crippen molar-refractivity contribution in [3.8, 4) is 16.9 Å². The maximum absolute atomic E-state index is 4.58. The molecule has 0 amide bonds. The summed E-state index contributed by atoms with van der Waals surface area (Å²) < 4.78 is 2.10. The Bertz CT molecular complexity index is 1180. The van der Waals surface area contributed by atoms with Gasteiger partial charge in [-0.1, -0.05) is 30.3 Å². The van der Waals surface area contributed by atoms with Gasteiger partial charge in [0.25, 0.3) is 0 Å². The van der Waals surface area contributed by atoms with Crippen LogP contribution in [0.25, 0.3) is 16.9 Å². The van der Waals surface area contributed by atoms with Gasteiger partial charge in [0, 0.05) is 28.2 Å². The number of imidazole rings is 1. The van der Waals surface area contributed by atoms with Gasteiger partial charge < -0.3 is 9.88 Å². The van der Waals surface area contributed by atoms with E-state index in [1.54, 1.807) is 6.33 Å². The molecule has 0 saturated heterocycles. The Morgan fingerprint density at radius 3 is 2.68 bits per heavy atom. The molecular formula is C23H21N5. The molecular weight excluding hydrogens is 346 g/mol. The van der Waals surface area contributed by atoms with E-state index in [2.05, 4.69) is 80.3 Å². The molecule has 2 heterocycles. The zero-order chi connectivity index (χ0) is 19.1. The Kier molecular flexibility index (Phi) is 3.93. The molecule has 1 aliphatic rings. The van der Waals surface area contributed by atoms with Crippen LogP contribution in [-0.2, 0) is 12.8 Å². The first-order valence-corrected chi connectivity index (χ1v) is 9.51. The van der Waals surface area contributed by atoms with Crippen molar-refractivity contribution < 1.29 is 0 Å². The Morgan fingerprint density at radius 1 is 0.929 bits per heavy atom. The van der Waals surface area contributed by atoms with Gasteiger partial charge in [-0.2, -0.15) is 0 Å². The lowest BCUT2D eigenvalue weighted by atomic mass is 9.89. The minimum atomic E-state index is 0.884. The van der Waals surface area contributed by atoms with Crippen molar-refractivity contribution in [2.75, 3.05) is 5.32 Å². The average Bonchev–Trinajstić information content (AvgIpc) is 3.07. The maximum Gasteiger partial charge on any atom is 0.137 e. The summed E-state index contributed by atoms with van der Waals surface area (Å²) in [5.74, 6) is 0.884. The van der Waals surface area contributed by atoms with E-state index in [4.69, 9.17) is 0 Å². The number of rotatable bonds is 3. The molecule has 28 heavy (non-hydrogen) atoms. The highest BCUT2D eigenvalue weighted by molar-refractivity contribution is 5.75. The molecule has 0 spiro atoms. The number of benzene rings is 2. The summed E-state index contributed by atoms with van der Waals surface area (Å²) in [6.45, 7) is 4.11. The van der Waals surface area contributed by atoms with E-state index >= 15 is 0 Å². The third kappa shape index (κ3) is 2.76. The Hall–Kier alpha value is -3.47. The van der Waals surface area contributed by atoms with E-state index < -0.39 is 0 Å². The van der Waals surface area contributed by atoms with Crippen molar-refractivity contribution >= 4 is 11.5 Å². The molecule has 2 aromatic carbocycles. The number of anilines is 2. The first kappa shape index (κ1) is 16.7. The van der Waals surface area contributed by atoms with Crippen LogP contribution in [-0.4, -0.2) is 19.5 Å². The monoisotopic (exact) mass is 367 g/mol. The van der Waals surface area contributed by atoms with Gasteiger partial charge in [-0.15, -0.1) is 0 Å². The molecule has 0 bridgehead atoms. The van der Waals surface area contributed by atoms with E-state index in [9.17, 15) is 0 Å². The maximum atomic E-state index is 4.58. The molecule has 0 radical (unpaired) electrons. The third-order valence-corrected chi connectivity index (χ3v) is 5.50. The van der Waals surface area contributed by atoms with Crippen LogP contribution in [0.15, 0.2) is 61.2 Å². The van der Waals surface area contributed by atoms with Crippen LogP contribution in [0.1, 0.15) is 22.5 Å². The predicted molar refractivity (Wildman–Crippen MR) is 111 cm³/mol. The SMILES string of the molecule is Cc1ncn(-c2cccc(Nc3ncnc4c3CCc3ccccc3-4)c2)c1C. The number of hydrogen-bond acceptors (Lipinski definition) is 4. The summed E-state index contributed by atoms with van der Waals surface area (Å²) in [5, 5.41) is 3.51. The molecule has 5 rings (SSSR count). The van der Waals surface area contributed by atoms with Crippen molar-refractivity contribution in [2.45, 2.75) is 26.7 Å². The minimum absolute atomic E-state index is 0.884. The summed E-state index contributed by atoms with van der Waals surface area (Å²) in [5.41, 5.74) is 9.06. The van der Waals surface area contributed by atoms with E-state index in [1.807, 2.05) is 13.3 Å². The van der Waals surface area contributed by atoms with Crippen molar-refractivity contribution in [3.63, 3.8) is 0 Å². The van der Waals surface area contributed by atoms with Crippen LogP contribution in [0.3, 0.4) is 0 Å². The van der Waals surface area contributed by atoms with Gasteiger partial charge in [0.1, 0.15) is 12.1 Å². The van der Waals surface area contributed by atoms with E-state index in [1.165, 1.54) is 16.7 Å². The molecule has 0 atom stereocenters. The number of fused-ring (bicyclic) bond motifs is 3. The first-order valence-electron chi connectivity index (χ1n) is 9.51. The summed E-state index contributed by atoms with van der Waals surface area (Å²) in [6.07, 6.45) is 5.47. The molecule has 0 unspecified atom stereocenters. The molecule has 138 valence electrons. The summed E-state index contributed by atoms with van der Waals surface area (Å²) in [6, 6.07) is 16.8. The highest BCUT2D eigenvalue weighted by atomic mass is 15.1. The first-order chi connectivity index (χ1) is 13.7. The van der Waals surface area contributed by atoms with Gasteiger partial charge in [0.05, 0.1) is 17.7 Å². The largest absolute Gasteiger partial charge is 0.340 e. The normalized spacial score (nSPS) is 12.4. The third-order valence-electron chi connectivity index (χ3n) is 5.50. The molecule has 0 saturated carbocycles. The smallest absolute Gasteiger partial charge is 0.137 e. The standard InChI is InChI=1S/C23H21N5/c1-15-16(2)28(14-26-15)19-8-5-7-18(12-19)27-23-21-11-10-17-6-3-4-9-20(17)22(21)24-13-25-23/h3-9,12-14H,10-11H2,1-2H3,(H,24,25,27). The molecule has 5 nitrogen and oxygen atoms in total. The van der Waals surface area contributed by atoms with Crippen molar-refractivity contribution in [1.29, 1.82) is 0 Å². The highest BCUT2D eigenvalue weighted by Gasteiger charge is 2.20. The molecule has 1 N–H and O–H groups in total. The van der Waals surface area contributed by atoms with E-state index in [0.29, 0.717) is 0 Å². The lowest BCUT2D eigenvalue weighted by molar-refractivity contribution is 0.914. The van der Waals surface area contributed by atoms with Crippen LogP contribution in [0, 0.1) is 13.8 Å². The number of aryl methyl sites for hydroxylation is 2. The molecule has 0 aliphatic heterocycles. The van der Waals surface area contributed by atoms with Gasteiger partial charge in [-0.3, -0.25) is 0 Å². The zero-order valence-electron chi connectivity index (χ0n) is 16.0. The fourth-order valence-electron chi connectivity index (χ4n) is 3.85. The lowest BCUT2D eigenvalue weighted by Crippen LogP contribution is -2.10. The van der Waals surface area contributed by atoms with Crippen LogP contribution in [0.4, 0.5) is 11.5 Å². The average molecular weight is 367 g/mol. The van der Waals surface area contributed by atoms with Gasteiger partial charge >= 0.3 is 0 Å². The molecule has 4 aromatic rings. The van der Waals surface area contributed by atoms with Gasteiger partial charge in [0.15, 0.2) is 0 Å². The topological polar surface area (TPSA) is 55.6 Å². The Balaban J connectivity index is 1.52. The second-order valence-corrected chi connectivity index (χ2v) is 7.17. The minimum Gasteiger partial charge on any atom is -0.340 e. The summed E-state index contributed by atoms with van der Waals surface area (Å²) >= 11 is 0. The van der Waals surface area contributed by atoms with Crippen LogP contribution < -0.4 is 5.32 Å². The van der Waals surface area contributed by atoms with Crippen molar-refractivity contribution in [3.05, 3.63) is 83.7 Å². The van der Waals surface area contributed by atoms with Crippen LogP contribution >= 0.6 is 0 Å². The summed E-state index contributed by atoms with van der Waals surface area (Å²) in [7, 11) is 0. The number of hydrogen-bond donors (Lipinski definition) is 1. The number of nitrogens with one attached hydrogen (secondary N) is 1. The van der Waals surface area contributed by atoms with Crippen LogP contribution in [0.5, 0.6) is 0 Å². The lowest BCUT2D eigenvalue weighted by Gasteiger charge is -2.21. The van der Waals surface area contributed by atoms with E-state index in [0.717, 1.165) is 47.1 Å². The fourth-order valence-corrected chi connectivity index (χ4v) is 3.85. The second kappa shape index (κ2) is 6.60. The molecule has 1 aliphatic carbocycles. The molecule has 2 aromatic heterocycles. The highest BCUT2D eigenvalue weighted by Crippen LogP contribution is 2.35. The van der Waals surface area contributed by atoms with Crippen LogP contribution in [0.2, 0.25) is 0 Å². The van der Waals surface area contributed by atoms with Crippen molar-refractivity contribution in [1.82, 2.24) is 19.5 Å². The van der Waals surface area contributed by atoms with Gasteiger partial charge in [0.2, 0.25) is 0 Å². The predicted octanol–water partition coefficient (Wildman–Crippen LogP) is 4.79. The Morgan fingerprint density at radius 2 is 1.82 bits per heavy atom. The Labute approximate surface area is 164 Å². The summed E-state index contributed by atoms with van der Waals surface area (Å²) in [4.78, 5) is 13.5. The number of nitrogens with zero attached hydrogens (tertiary/aromatic N) is 4. The quantitative estimate of drug-likeness (QED) is 0.566. The second-order valence-electron chi connectivity index (χ2n) is 7.17. The number of aromatic nitrogens is 4. The zero-order valence-corrected chi connectivity index (χ0v) is 16.0. The fraction of sp³-hybridized carbons (Fsp3) is 0.174. The molecule has 0 fully saturated rings. The van der Waals surface area contributed by atoms with Crippen molar-refractivity contribution in [2.24, 2.45) is 0 Å². The van der Waals surface area contributed by atoms with Gasteiger partial charge in [-0.05, 0) is 50.5 Å². The van der Waals surface area contributed by atoms with Gasteiger partial charge in [-0.25, -0.2) is 15.0 Å². The van der Waals surface area contributed by atoms with E-state index in [-0.39, 0.29) is 0 Å². The molecule has 5 heteroatoms.